The van der Waals surface area contributed by atoms with Crippen molar-refractivity contribution in [2.75, 3.05) is 6.61 Å². The lowest BCUT2D eigenvalue weighted by molar-refractivity contribution is -0.171. The highest BCUT2D eigenvalue weighted by Crippen LogP contribution is 2.37. The monoisotopic (exact) mass is 964 g/mol. The Hall–Kier alpha value is -3.50. The van der Waals surface area contributed by atoms with E-state index < -0.39 is 44.5 Å². The lowest BCUT2D eigenvalue weighted by Crippen LogP contribution is -2.68. The van der Waals surface area contributed by atoms with Gasteiger partial charge in [0.2, 0.25) is 5.91 Å². The maximum Gasteiger partial charge on any atom is 0.306 e. The van der Waals surface area contributed by atoms with Gasteiger partial charge in [0.15, 0.2) is 6.10 Å². The average Bonchev–Trinajstić information content (AvgIpc) is 3.31. The van der Waals surface area contributed by atoms with Crippen LogP contribution in [0, 0.1) is 0 Å². The molecule has 0 bridgehead atoms. The second-order valence-electron chi connectivity index (χ2n) is 20.5. The Bertz CT molecular complexity index is 1560. The number of carboxylic acids is 1. The van der Waals surface area contributed by atoms with E-state index in [2.05, 4.69) is 64.2 Å². The third-order valence-corrected chi connectivity index (χ3v) is 18.5. The van der Waals surface area contributed by atoms with E-state index in [-0.39, 0.29) is 30.4 Å². The number of unbranched alkanes of at least 4 members (excludes halogenated alkanes) is 25. The molecular weight excluding hydrogens is 867 g/mol. The van der Waals surface area contributed by atoms with Crippen molar-refractivity contribution < 1.29 is 38.2 Å². The number of aliphatic carboxylic acids is 1. The summed E-state index contributed by atoms with van der Waals surface area (Å²) in [4.78, 5) is 52.0. The van der Waals surface area contributed by atoms with Gasteiger partial charge in [0, 0.05) is 13.3 Å². The molecule has 0 fully saturated rings. The molecule has 3 atom stereocenters. The van der Waals surface area contributed by atoms with E-state index in [0.29, 0.717) is 19.3 Å². The molecule has 2 aromatic rings. The van der Waals surface area contributed by atoms with Crippen molar-refractivity contribution in [1.82, 2.24) is 5.32 Å². The van der Waals surface area contributed by atoms with Gasteiger partial charge in [-0.1, -0.05) is 256 Å². The molecule has 0 saturated heterocycles. The zero-order chi connectivity index (χ0) is 49.7. The Morgan fingerprint density at radius 1 is 0.544 bits per heavy atom. The van der Waals surface area contributed by atoms with Crippen LogP contribution in [0.3, 0.4) is 0 Å². The standard InChI is InChI=1S/C58H97NO8Si/c1-7-9-11-13-15-17-19-21-22-23-25-27-29-31-39-45-54(61)59-52(48-65-68(58(4,5)6,50-40-34-32-35-41-50)51-42-36-33-37-43-51)57(66-49(3)60)53(67-56(64)47-46-55(62)63)44-38-30-28-26-24-20-18-16-14-12-10-8-2/h32-37,40-43,52-53,57H,7-31,38-39,44-48H2,1-6H3,(H,59,61)(H,62,63)/t52-,53+,57-/m0/s1. The average molecular weight is 964 g/mol. The number of nitrogens with one attached hydrogen (secondary N) is 1. The first-order valence-corrected chi connectivity index (χ1v) is 29.4. The molecule has 10 heteroatoms. The van der Waals surface area contributed by atoms with Crippen molar-refractivity contribution in [1.29, 1.82) is 0 Å². The molecule has 0 aliphatic heterocycles. The van der Waals surface area contributed by atoms with Gasteiger partial charge in [0.05, 0.1) is 25.5 Å². The third kappa shape index (κ3) is 25.9. The fourth-order valence-electron chi connectivity index (χ4n) is 9.65. The van der Waals surface area contributed by atoms with E-state index in [1.807, 2.05) is 36.4 Å². The molecule has 0 radical (unpaired) electrons. The molecule has 386 valence electrons. The van der Waals surface area contributed by atoms with Crippen LogP contribution in [0.2, 0.25) is 5.04 Å². The van der Waals surface area contributed by atoms with E-state index >= 15 is 0 Å². The van der Waals surface area contributed by atoms with Crippen LogP contribution in [0.5, 0.6) is 0 Å². The van der Waals surface area contributed by atoms with Crippen molar-refractivity contribution in [3.8, 4) is 0 Å². The van der Waals surface area contributed by atoms with Crippen molar-refractivity contribution in [3.63, 3.8) is 0 Å². The van der Waals surface area contributed by atoms with E-state index in [4.69, 9.17) is 13.9 Å². The van der Waals surface area contributed by atoms with Gasteiger partial charge in [-0.05, 0) is 34.7 Å². The maximum atomic E-state index is 14.1. The van der Waals surface area contributed by atoms with E-state index in [0.717, 1.165) is 55.3 Å². The predicted molar refractivity (Wildman–Crippen MR) is 283 cm³/mol. The lowest BCUT2D eigenvalue weighted by atomic mass is 9.98. The molecule has 0 aromatic heterocycles. The number of benzene rings is 2. The zero-order valence-corrected chi connectivity index (χ0v) is 44.9. The molecule has 0 unspecified atom stereocenters. The highest BCUT2D eigenvalue weighted by atomic mass is 28.4. The summed E-state index contributed by atoms with van der Waals surface area (Å²) >= 11 is 0. The molecule has 2 rings (SSSR count). The largest absolute Gasteiger partial charge is 0.481 e. The maximum absolute atomic E-state index is 14.1. The Labute approximate surface area is 415 Å². The molecule has 2 aromatic carbocycles. The van der Waals surface area contributed by atoms with Crippen LogP contribution in [0.15, 0.2) is 60.7 Å². The Morgan fingerprint density at radius 3 is 1.32 bits per heavy atom. The summed E-state index contributed by atoms with van der Waals surface area (Å²) in [5.41, 5.74) is 0. The molecule has 0 aliphatic rings. The van der Waals surface area contributed by atoms with Crippen molar-refractivity contribution in [2.45, 2.75) is 264 Å². The first-order chi connectivity index (χ1) is 32.8. The van der Waals surface area contributed by atoms with E-state index in [9.17, 15) is 24.3 Å². The number of rotatable bonds is 42. The highest BCUT2D eigenvalue weighted by Gasteiger charge is 2.51. The van der Waals surface area contributed by atoms with Crippen LogP contribution >= 0.6 is 0 Å². The van der Waals surface area contributed by atoms with Crippen LogP contribution < -0.4 is 15.7 Å². The number of ether oxygens (including phenoxy) is 2. The van der Waals surface area contributed by atoms with Gasteiger partial charge in [0.25, 0.3) is 8.32 Å². The summed E-state index contributed by atoms with van der Waals surface area (Å²) in [5, 5.41) is 14.4. The first kappa shape index (κ1) is 60.6. The smallest absolute Gasteiger partial charge is 0.306 e. The quantitative estimate of drug-likeness (QED) is 0.0382. The van der Waals surface area contributed by atoms with Gasteiger partial charge in [-0.15, -0.1) is 0 Å². The highest BCUT2D eigenvalue weighted by molar-refractivity contribution is 6.99. The van der Waals surface area contributed by atoms with Gasteiger partial charge < -0.3 is 24.3 Å². The summed E-state index contributed by atoms with van der Waals surface area (Å²) < 4.78 is 19.6. The number of carbonyl (C=O) groups is 4. The molecule has 9 nitrogen and oxygen atoms in total. The van der Waals surface area contributed by atoms with Crippen molar-refractivity contribution in [3.05, 3.63) is 60.7 Å². The predicted octanol–water partition coefficient (Wildman–Crippen LogP) is 14.1. The SMILES string of the molecule is CCCCCCCCCCCCCCCCCC(=O)N[C@@H](CO[Si](c1ccccc1)(c1ccccc1)C(C)(C)C)[C@H](OC(C)=O)[C@@H](CCCCCCCCCCCCCC)OC(=O)CCC(=O)O. The fourth-order valence-corrected chi connectivity index (χ4v) is 14.2. The zero-order valence-electron chi connectivity index (χ0n) is 43.9. The lowest BCUT2D eigenvalue weighted by Gasteiger charge is -2.44. The minimum Gasteiger partial charge on any atom is -0.481 e. The van der Waals surface area contributed by atoms with Gasteiger partial charge in [-0.25, -0.2) is 0 Å². The molecule has 0 saturated carbocycles. The van der Waals surface area contributed by atoms with Crippen LogP contribution in [0.25, 0.3) is 0 Å². The number of hydrogen-bond donors (Lipinski definition) is 2. The van der Waals surface area contributed by atoms with Gasteiger partial charge in [-0.3, -0.25) is 19.2 Å². The summed E-state index contributed by atoms with van der Waals surface area (Å²) in [5.74, 6) is -2.51. The summed E-state index contributed by atoms with van der Waals surface area (Å²) in [6.07, 6.45) is 30.5. The van der Waals surface area contributed by atoms with Crippen LogP contribution in [-0.2, 0) is 33.1 Å². The molecule has 2 N–H and O–H groups in total. The number of amides is 1. The number of hydrogen-bond acceptors (Lipinski definition) is 7. The molecule has 0 heterocycles. The molecule has 1 amide bonds. The summed E-state index contributed by atoms with van der Waals surface area (Å²) in [6.45, 7) is 12.4. The molecule has 68 heavy (non-hydrogen) atoms. The first-order valence-electron chi connectivity index (χ1n) is 27.5. The van der Waals surface area contributed by atoms with Gasteiger partial charge in [0.1, 0.15) is 6.10 Å². The Morgan fingerprint density at radius 2 is 0.941 bits per heavy atom. The second-order valence-corrected chi connectivity index (χ2v) is 24.8. The topological polar surface area (TPSA) is 128 Å². The molecular formula is C58H97NO8Si. The normalized spacial score (nSPS) is 13.1. The van der Waals surface area contributed by atoms with Crippen LogP contribution in [-0.4, -0.2) is 62.1 Å². The van der Waals surface area contributed by atoms with Gasteiger partial charge in [-0.2, -0.15) is 0 Å². The van der Waals surface area contributed by atoms with Crippen molar-refractivity contribution in [2.24, 2.45) is 0 Å². The number of carbonyl (C=O) groups excluding carboxylic acids is 3. The second kappa shape index (κ2) is 37.3. The summed E-state index contributed by atoms with van der Waals surface area (Å²) in [6, 6.07) is 19.7. The Balaban J connectivity index is 2.30. The number of carboxylic acid groups (broad SMARTS) is 1. The van der Waals surface area contributed by atoms with Crippen molar-refractivity contribution >= 4 is 42.5 Å². The molecule has 0 aliphatic carbocycles. The third-order valence-electron chi connectivity index (χ3n) is 13.5. The van der Waals surface area contributed by atoms with E-state index in [1.165, 1.54) is 129 Å². The van der Waals surface area contributed by atoms with E-state index in [1.54, 1.807) is 0 Å². The Kier molecular flexibility index (Phi) is 33.3. The van der Waals surface area contributed by atoms with Crippen LogP contribution in [0.4, 0.5) is 0 Å². The minimum absolute atomic E-state index is 0.00253. The summed E-state index contributed by atoms with van der Waals surface area (Å²) in [7, 11) is -3.13. The van der Waals surface area contributed by atoms with Crippen LogP contribution in [0.1, 0.15) is 241 Å². The minimum atomic E-state index is -3.13. The number of esters is 2. The fraction of sp³-hybridized carbons (Fsp3) is 0.724. The molecule has 0 spiro atoms. The van der Waals surface area contributed by atoms with Gasteiger partial charge >= 0.3 is 17.9 Å².